The minimum Gasteiger partial charge on any atom is -0.324 e. The Hall–Kier alpha value is -2.00. The van der Waals surface area contributed by atoms with Crippen LogP contribution >= 0.6 is 0 Å². The predicted octanol–water partition coefficient (Wildman–Crippen LogP) is -0.545. The zero-order chi connectivity index (χ0) is 9.26. The number of hydrogen-bond donors (Lipinski definition) is 1. The maximum atomic E-state index is 8.62. The summed E-state index contributed by atoms with van der Waals surface area (Å²) in [7, 11) is 0. The molecular weight excluding hydrogens is 168 g/mol. The molecule has 6 nitrogen and oxygen atoms in total. The first-order valence-corrected chi connectivity index (χ1v) is 3.65. The Morgan fingerprint density at radius 2 is 2.38 bits per heavy atom. The van der Waals surface area contributed by atoms with Crippen molar-refractivity contribution in [3.8, 4) is 6.07 Å². The zero-order valence-corrected chi connectivity index (χ0v) is 6.68. The summed E-state index contributed by atoms with van der Waals surface area (Å²) in [5, 5.41) is 16.2. The van der Waals surface area contributed by atoms with Gasteiger partial charge in [0.25, 0.3) is 5.78 Å². The second-order valence-corrected chi connectivity index (χ2v) is 2.44. The van der Waals surface area contributed by atoms with E-state index in [4.69, 9.17) is 11.0 Å². The first-order valence-electron chi connectivity index (χ1n) is 3.65. The number of fused-ring (bicyclic) bond motifs is 1. The van der Waals surface area contributed by atoms with Crippen LogP contribution in [0.15, 0.2) is 12.4 Å². The van der Waals surface area contributed by atoms with E-state index in [1.54, 1.807) is 10.6 Å². The van der Waals surface area contributed by atoms with Crippen LogP contribution in [0.2, 0.25) is 0 Å². The second kappa shape index (κ2) is 2.80. The molecular formula is C7H6N6. The molecule has 0 aliphatic rings. The summed E-state index contributed by atoms with van der Waals surface area (Å²) in [6.45, 7) is 0.276. The van der Waals surface area contributed by atoms with Crippen LogP contribution in [-0.2, 0) is 6.54 Å². The molecule has 2 rings (SSSR count). The Morgan fingerprint density at radius 1 is 1.54 bits per heavy atom. The SMILES string of the molecule is N#Cc1cnc2nnc(CN)n2c1. The molecule has 13 heavy (non-hydrogen) atoms. The van der Waals surface area contributed by atoms with Gasteiger partial charge in [-0.15, -0.1) is 10.2 Å². The Morgan fingerprint density at radius 3 is 3.08 bits per heavy atom. The van der Waals surface area contributed by atoms with Crippen molar-refractivity contribution in [3.63, 3.8) is 0 Å². The summed E-state index contributed by atoms with van der Waals surface area (Å²) in [5.74, 6) is 1.05. The molecule has 0 aromatic carbocycles. The van der Waals surface area contributed by atoms with Crippen molar-refractivity contribution in [3.05, 3.63) is 23.8 Å². The molecule has 2 heterocycles. The van der Waals surface area contributed by atoms with E-state index in [-0.39, 0.29) is 6.54 Å². The van der Waals surface area contributed by atoms with Crippen LogP contribution in [0.5, 0.6) is 0 Å². The normalized spacial score (nSPS) is 10.2. The fourth-order valence-electron chi connectivity index (χ4n) is 1.03. The van der Waals surface area contributed by atoms with Crippen LogP contribution in [0.25, 0.3) is 5.78 Å². The van der Waals surface area contributed by atoms with Gasteiger partial charge in [-0.05, 0) is 0 Å². The molecule has 0 bridgehead atoms. The highest BCUT2D eigenvalue weighted by molar-refractivity contribution is 5.33. The van der Waals surface area contributed by atoms with Gasteiger partial charge < -0.3 is 5.73 Å². The van der Waals surface area contributed by atoms with E-state index in [0.717, 1.165) is 0 Å². The lowest BCUT2D eigenvalue weighted by Crippen LogP contribution is -2.03. The Bertz CT molecular complexity index is 479. The van der Waals surface area contributed by atoms with Gasteiger partial charge in [-0.25, -0.2) is 4.98 Å². The molecule has 2 N–H and O–H groups in total. The van der Waals surface area contributed by atoms with E-state index >= 15 is 0 Å². The molecule has 0 unspecified atom stereocenters. The van der Waals surface area contributed by atoms with E-state index < -0.39 is 0 Å². The highest BCUT2D eigenvalue weighted by Crippen LogP contribution is 2.01. The Balaban J connectivity index is 2.73. The predicted molar refractivity (Wildman–Crippen MR) is 43.4 cm³/mol. The van der Waals surface area contributed by atoms with Gasteiger partial charge in [0.1, 0.15) is 6.07 Å². The molecule has 0 aliphatic carbocycles. The van der Waals surface area contributed by atoms with Crippen LogP contribution in [0.1, 0.15) is 11.4 Å². The minimum absolute atomic E-state index is 0.276. The fourth-order valence-corrected chi connectivity index (χ4v) is 1.03. The van der Waals surface area contributed by atoms with Gasteiger partial charge >= 0.3 is 0 Å². The third-order valence-corrected chi connectivity index (χ3v) is 1.65. The van der Waals surface area contributed by atoms with Gasteiger partial charge in [-0.1, -0.05) is 0 Å². The lowest BCUT2D eigenvalue weighted by Gasteiger charge is -1.94. The summed E-state index contributed by atoms with van der Waals surface area (Å²) in [6.07, 6.45) is 3.06. The molecule has 0 saturated carbocycles. The van der Waals surface area contributed by atoms with Crippen molar-refractivity contribution in [1.29, 1.82) is 5.26 Å². The zero-order valence-electron chi connectivity index (χ0n) is 6.68. The number of nitrogens with zero attached hydrogens (tertiary/aromatic N) is 5. The molecule has 0 amide bonds. The first kappa shape index (κ1) is 7.64. The van der Waals surface area contributed by atoms with Gasteiger partial charge in [0.2, 0.25) is 0 Å². The molecule has 0 fully saturated rings. The number of hydrogen-bond acceptors (Lipinski definition) is 5. The third kappa shape index (κ3) is 1.11. The van der Waals surface area contributed by atoms with Gasteiger partial charge in [0, 0.05) is 6.20 Å². The monoisotopic (exact) mass is 174 g/mol. The molecule has 64 valence electrons. The van der Waals surface area contributed by atoms with Crippen molar-refractivity contribution < 1.29 is 0 Å². The molecule has 0 saturated heterocycles. The summed E-state index contributed by atoms with van der Waals surface area (Å²) >= 11 is 0. The Labute approximate surface area is 73.6 Å². The third-order valence-electron chi connectivity index (χ3n) is 1.65. The average Bonchev–Trinajstić information content (AvgIpc) is 2.59. The fraction of sp³-hybridized carbons (Fsp3) is 0.143. The van der Waals surface area contributed by atoms with Crippen molar-refractivity contribution in [2.24, 2.45) is 5.73 Å². The van der Waals surface area contributed by atoms with Crippen molar-refractivity contribution in [1.82, 2.24) is 19.6 Å². The van der Waals surface area contributed by atoms with Crippen molar-refractivity contribution >= 4 is 5.78 Å². The first-order chi connectivity index (χ1) is 6.35. The van der Waals surface area contributed by atoms with Gasteiger partial charge in [0.15, 0.2) is 5.82 Å². The molecule has 0 radical (unpaired) electrons. The minimum atomic E-state index is 0.276. The summed E-state index contributed by atoms with van der Waals surface area (Å²) in [6, 6.07) is 1.98. The van der Waals surface area contributed by atoms with Gasteiger partial charge in [-0.2, -0.15) is 5.26 Å². The standard InChI is InChI=1S/C7H6N6/c8-1-5-3-10-7-12-11-6(2-9)13(7)4-5/h3-4H,2,9H2. The molecule has 0 spiro atoms. The summed E-state index contributed by atoms with van der Waals surface area (Å²) in [5.41, 5.74) is 5.88. The number of nitrogens with two attached hydrogens (primary N) is 1. The van der Waals surface area contributed by atoms with Crippen LogP contribution in [0.4, 0.5) is 0 Å². The second-order valence-electron chi connectivity index (χ2n) is 2.44. The summed E-state index contributed by atoms with van der Waals surface area (Å²) < 4.78 is 1.61. The van der Waals surface area contributed by atoms with Crippen molar-refractivity contribution in [2.75, 3.05) is 0 Å². The van der Waals surface area contributed by atoms with Crippen LogP contribution in [0.3, 0.4) is 0 Å². The van der Waals surface area contributed by atoms with E-state index in [0.29, 0.717) is 17.2 Å². The van der Waals surface area contributed by atoms with E-state index in [2.05, 4.69) is 15.2 Å². The Kier molecular flexibility index (Phi) is 1.65. The van der Waals surface area contributed by atoms with Crippen LogP contribution < -0.4 is 5.73 Å². The topological polar surface area (TPSA) is 92.9 Å². The maximum Gasteiger partial charge on any atom is 0.255 e. The number of nitriles is 1. The smallest absolute Gasteiger partial charge is 0.255 e. The van der Waals surface area contributed by atoms with Gasteiger partial charge in [0.05, 0.1) is 18.3 Å². The van der Waals surface area contributed by atoms with E-state index in [1.807, 2.05) is 6.07 Å². The lowest BCUT2D eigenvalue weighted by molar-refractivity contribution is 0.880. The van der Waals surface area contributed by atoms with Crippen molar-refractivity contribution in [2.45, 2.75) is 6.54 Å². The molecule has 2 aromatic heterocycles. The largest absolute Gasteiger partial charge is 0.324 e. The van der Waals surface area contributed by atoms with E-state index in [9.17, 15) is 0 Å². The number of rotatable bonds is 1. The highest BCUT2D eigenvalue weighted by atomic mass is 15.3. The summed E-state index contributed by atoms with van der Waals surface area (Å²) in [4.78, 5) is 3.93. The van der Waals surface area contributed by atoms with Gasteiger partial charge in [-0.3, -0.25) is 4.40 Å². The van der Waals surface area contributed by atoms with Crippen LogP contribution in [0, 0.1) is 11.3 Å². The molecule has 2 aromatic rings. The number of aromatic nitrogens is 4. The molecule has 0 atom stereocenters. The molecule has 6 heteroatoms. The lowest BCUT2D eigenvalue weighted by atomic mass is 10.4. The van der Waals surface area contributed by atoms with Crippen LogP contribution in [-0.4, -0.2) is 19.6 Å². The highest BCUT2D eigenvalue weighted by Gasteiger charge is 2.04. The average molecular weight is 174 g/mol. The maximum absolute atomic E-state index is 8.62. The molecule has 0 aliphatic heterocycles. The quantitative estimate of drug-likeness (QED) is 0.626. The van der Waals surface area contributed by atoms with E-state index in [1.165, 1.54) is 6.20 Å².